The van der Waals surface area contributed by atoms with E-state index in [9.17, 15) is 0 Å². The Hall–Kier alpha value is -0.860. The van der Waals surface area contributed by atoms with Crippen LogP contribution in [0.15, 0.2) is 30.3 Å². The van der Waals surface area contributed by atoms with Crippen molar-refractivity contribution in [3.63, 3.8) is 0 Å². The zero-order valence-electron chi connectivity index (χ0n) is 12.3. The molecule has 1 aliphatic heterocycles. The van der Waals surface area contributed by atoms with Crippen molar-refractivity contribution in [3.8, 4) is 0 Å². The number of hydrogen-bond donors (Lipinski definition) is 1. The molecule has 0 aliphatic carbocycles. The van der Waals surface area contributed by atoms with Gasteiger partial charge in [-0.15, -0.1) is 0 Å². The summed E-state index contributed by atoms with van der Waals surface area (Å²) in [4.78, 5) is 2.58. The van der Waals surface area contributed by atoms with Crippen molar-refractivity contribution in [2.24, 2.45) is 11.3 Å². The molecule has 0 aromatic heterocycles. The van der Waals surface area contributed by atoms with Gasteiger partial charge in [0.2, 0.25) is 0 Å². The van der Waals surface area contributed by atoms with Crippen molar-refractivity contribution in [2.75, 3.05) is 26.2 Å². The first-order chi connectivity index (χ1) is 9.12. The van der Waals surface area contributed by atoms with Gasteiger partial charge in [0.1, 0.15) is 0 Å². The van der Waals surface area contributed by atoms with Crippen molar-refractivity contribution in [2.45, 2.75) is 33.1 Å². The molecule has 1 aromatic rings. The van der Waals surface area contributed by atoms with Gasteiger partial charge in [0.15, 0.2) is 0 Å². The smallest absolute Gasteiger partial charge is 0.0433 e. The maximum atomic E-state index is 9.16. The third-order valence-electron chi connectivity index (χ3n) is 4.57. The predicted octanol–water partition coefficient (Wildman–Crippen LogP) is 2.96. The second-order valence-electron chi connectivity index (χ2n) is 6.50. The molecule has 1 unspecified atom stereocenters. The molecule has 1 saturated heterocycles. The lowest BCUT2D eigenvalue weighted by atomic mass is 9.72. The number of likely N-dealkylation sites (tertiary alicyclic amines) is 1. The van der Waals surface area contributed by atoms with Crippen molar-refractivity contribution in [1.29, 1.82) is 0 Å². The maximum absolute atomic E-state index is 9.16. The van der Waals surface area contributed by atoms with E-state index in [2.05, 4.69) is 49.1 Å². The molecule has 0 saturated carbocycles. The van der Waals surface area contributed by atoms with Gasteiger partial charge in [-0.2, -0.15) is 0 Å². The predicted molar refractivity (Wildman–Crippen MR) is 80.2 cm³/mol. The summed E-state index contributed by atoms with van der Waals surface area (Å²) in [6.07, 6.45) is 3.32. The van der Waals surface area contributed by atoms with Crippen LogP contribution < -0.4 is 0 Å². The van der Waals surface area contributed by atoms with Crippen LogP contribution in [0, 0.1) is 11.3 Å². The molecule has 1 heterocycles. The Bertz CT molecular complexity index is 374. The number of aliphatic hydroxyl groups is 1. The van der Waals surface area contributed by atoms with Gasteiger partial charge in [-0.05, 0) is 42.7 Å². The summed E-state index contributed by atoms with van der Waals surface area (Å²) in [5.41, 5.74) is 1.76. The summed E-state index contributed by atoms with van der Waals surface area (Å²) < 4.78 is 0. The summed E-state index contributed by atoms with van der Waals surface area (Å²) >= 11 is 0. The number of aliphatic hydroxyl groups excluding tert-OH is 1. The molecule has 2 nitrogen and oxygen atoms in total. The Morgan fingerprint density at radius 1 is 1.26 bits per heavy atom. The van der Waals surface area contributed by atoms with Crippen LogP contribution in [0.3, 0.4) is 0 Å². The molecule has 1 aromatic carbocycles. The third-order valence-corrected chi connectivity index (χ3v) is 4.57. The third kappa shape index (κ3) is 4.05. The largest absolute Gasteiger partial charge is 0.396 e. The number of piperidine rings is 1. The van der Waals surface area contributed by atoms with E-state index in [0.29, 0.717) is 17.9 Å². The van der Waals surface area contributed by atoms with Crippen LogP contribution in [0.2, 0.25) is 0 Å². The van der Waals surface area contributed by atoms with Crippen LogP contribution in [0.5, 0.6) is 0 Å². The van der Waals surface area contributed by atoms with Gasteiger partial charge < -0.3 is 10.0 Å². The van der Waals surface area contributed by atoms with Crippen LogP contribution in [0.25, 0.3) is 0 Å². The summed E-state index contributed by atoms with van der Waals surface area (Å²) in [6, 6.07) is 10.7. The summed E-state index contributed by atoms with van der Waals surface area (Å²) in [6.45, 7) is 8.52. The Labute approximate surface area is 117 Å². The van der Waals surface area contributed by atoms with Crippen molar-refractivity contribution >= 4 is 0 Å². The van der Waals surface area contributed by atoms with Crippen LogP contribution in [0.1, 0.15) is 32.3 Å². The average molecular weight is 261 g/mol. The van der Waals surface area contributed by atoms with Gasteiger partial charge in [-0.3, -0.25) is 0 Å². The Balaban J connectivity index is 1.84. The van der Waals surface area contributed by atoms with Gasteiger partial charge in [0.05, 0.1) is 0 Å². The van der Waals surface area contributed by atoms with E-state index in [1.807, 2.05) is 0 Å². The van der Waals surface area contributed by atoms with E-state index >= 15 is 0 Å². The van der Waals surface area contributed by atoms with Gasteiger partial charge >= 0.3 is 0 Å². The van der Waals surface area contributed by atoms with Gasteiger partial charge in [0, 0.05) is 19.7 Å². The minimum Gasteiger partial charge on any atom is -0.396 e. The minimum atomic E-state index is 0.331. The van der Waals surface area contributed by atoms with E-state index in [0.717, 1.165) is 25.9 Å². The molecular weight excluding hydrogens is 234 g/mol. The lowest BCUT2D eigenvalue weighted by molar-refractivity contribution is 0.0412. The van der Waals surface area contributed by atoms with Crippen molar-refractivity contribution < 1.29 is 5.11 Å². The van der Waals surface area contributed by atoms with Gasteiger partial charge in [-0.25, -0.2) is 0 Å². The monoisotopic (exact) mass is 261 g/mol. The zero-order valence-corrected chi connectivity index (χ0v) is 12.3. The highest BCUT2D eigenvalue weighted by atomic mass is 16.3. The molecule has 1 atom stereocenters. The van der Waals surface area contributed by atoms with E-state index in [1.54, 1.807) is 0 Å². The van der Waals surface area contributed by atoms with E-state index in [4.69, 9.17) is 5.11 Å². The normalized spacial score (nSPS) is 23.4. The lowest BCUT2D eigenvalue weighted by Crippen LogP contribution is -2.46. The minimum absolute atomic E-state index is 0.331. The first-order valence-corrected chi connectivity index (χ1v) is 7.49. The Morgan fingerprint density at radius 2 is 2.00 bits per heavy atom. The number of rotatable bonds is 5. The SMILES string of the molecule is CC1(C)CN(CCc2ccccc2)CCC1CCO. The summed E-state index contributed by atoms with van der Waals surface area (Å²) in [5.74, 6) is 0.672. The quantitative estimate of drug-likeness (QED) is 0.881. The summed E-state index contributed by atoms with van der Waals surface area (Å²) in [5, 5.41) is 9.16. The van der Waals surface area contributed by atoms with Crippen LogP contribution >= 0.6 is 0 Å². The summed E-state index contributed by atoms with van der Waals surface area (Å²) in [7, 11) is 0. The van der Waals surface area contributed by atoms with Crippen LogP contribution in [-0.2, 0) is 6.42 Å². The molecule has 1 aliphatic rings. The highest BCUT2D eigenvalue weighted by molar-refractivity contribution is 5.14. The molecule has 106 valence electrons. The first kappa shape index (κ1) is 14.5. The molecule has 0 amide bonds. The highest BCUT2D eigenvalue weighted by Gasteiger charge is 2.34. The number of benzene rings is 1. The molecule has 1 fully saturated rings. The van der Waals surface area contributed by atoms with E-state index < -0.39 is 0 Å². The molecule has 2 heteroatoms. The number of hydrogen-bond acceptors (Lipinski definition) is 2. The molecule has 19 heavy (non-hydrogen) atoms. The van der Waals surface area contributed by atoms with Gasteiger partial charge in [0.25, 0.3) is 0 Å². The second kappa shape index (κ2) is 6.53. The number of nitrogens with zero attached hydrogens (tertiary/aromatic N) is 1. The maximum Gasteiger partial charge on any atom is 0.0433 e. The Morgan fingerprint density at radius 3 is 2.63 bits per heavy atom. The van der Waals surface area contributed by atoms with Gasteiger partial charge in [-0.1, -0.05) is 44.2 Å². The zero-order chi connectivity index (χ0) is 13.7. The highest BCUT2D eigenvalue weighted by Crippen LogP contribution is 2.36. The first-order valence-electron chi connectivity index (χ1n) is 7.49. The van der Waals surface area contributed by atoms with Crippen LogP contribution in [0.4, 0.5) is 0 Å². The Kier molecular flexibility index (Phi) is 5.00. The van der Waals surface area contributed by atoms with E-state index in [-0.39, 0.29) is 0 Å². The van der Waals surface area contributed by atoms with Crippen LogP contribution in [-0.4, -0.2) is 36.2 Å². The fraction of sp³-hybridized carbons (Fsp3) is 0.647. The lowest BCUT2D eigenvalue weighted by Gasteiger charge is -2.44. The molecule has 0 radical (unpaired) electrons. The standard InChI is InChI=1S/C17H27NO/c1-17(2)14-18(12-9-16(17)10-13-19)11-8-15-6-4-3-5-7-15/h3-7,16,19H,8-14H2,1-2H3. The van der Waals surface area contributed by atoms with Crippen molar-refractivity contribution in [3.05, 3.63) is 35.9 Å². The molecular formula is C17H27NO. The fourth-order valence-electron chi connectivity index (χ4n) is 3.33. The molecule has 1 N–H and O–H groups in total. The van der Waals surface area contributed by atoms with E-state index in [1.165, 1.54) is 18.5 Å². The second-order valence-corrected chi connectivity index (χ2v) is 6.50. The molecule has 0 bridgehead atoms. The fourth-order valence-corrected chi connectivity index (χ4v) is 3.33. The van der Waals surface area contributed by atoms with Crippen molar-refractivity contribution in [1.82, 2.24) is 4.90 Å². The molecule has 0 spiro atoms. The molecule has 2 rings (SSSR count). The average Bonchev–Trinajstić information content (AvgIpc) is 2.40. The topological polar surface area (TPSA) is 23.5 Å².